The monoisotopic (exact) mass is 253 g/mol. The van der Waals surface area contributed by atoms with E-state index in [4.69, 9.17) is 0 Å². The minimum absolute atomic E-state index is 0.0822. The second kappa shape index (κ2) is 5.29. The topological polar surface area (TPSA) is 20.3 Å². The fraction of sp³-hybridized carbons (Fsp3) is 0.357. The highest BCUT2D eigenvalue weighted by Gasteiger charge is 2.30. The molecule has 0 aliphatic carbocycles. The Hall–Kier alpha value is -1.71. The first-order valence-electron chi connectivity index (χ1n) is 5.74. The van der Waals surface area contributed by atoms with E-state index in [1.807, 2.05) is 0 Å². The highest BCUT2D eigenvalue weighted by atomic mass is 19.1. The molecule has 1 rings (SSSR count). The maximum atomic E-state index is 13.7. The van der Waals surface area contributed by atoms with Gasteiger partial charge in [-0.05, 0) is 32.9 Å². The van der Waals surface area contributed by atoms with Crippen molar-refractivity contribution in [2.75, 3.05) is 11.4 Å². The molecule has 0 atom stereocenters. The third-order valence-electron chi connectivity index (χ3n) is 2.82. The Morgan fingerprint density at radius 1 is 1.44 bits per heavy atom. The third-order valence-corrected chi connectivity index (χ3v) is 2.82. The maximum Gasteiger partial charge on any atom is 0.236 e. The molecule has 0 fully saturated rings. The van der Waals surface area contributed by atoms with Crippen molar-refractivity contribution in [3.63, 3.8) is 0 Å². The molecule has 0 aromatic heterocycles. The molecule has 0 bridgehead atoms. The molecule has 2 nitrogen and oxygen atoms in total. The summed E-state index contributed by atoms with van der Waals surface area (Å²) in [7, 11) is 0. The van der Waals surface area contributed by atoms with Gasteiger partial charge in [0.2, 0.25) is 5.91 Å². The number of carbonyl (C=O) groups is 1. The Kier molecular flexibility index (Phi) is 4.22. The van der Waals surface area contributed by atoms with E-state index in [0.717, 1.165) is 12.1 Å². The lowest BCUT2D eigenvalue weighted by molar-refractivity contribution is -0.124. The summed E-state index contributed by atoms with van der Waals surface area (Å²) < 4.78 is 26.5. The molecule has 0 unspecified atom stereocenters. The molecule has 0 aliphatic rings. The molecular weight excluding hydrogens is 236 g/mol. The van der Waals surface area contributed by atoms with Gasteiger partial charge in [0.05, 0.1) is 11.1 Å². The predicted octanol–water partition coefficient (Wildman–Crippen LogP) is 3.53. The van der Waals surface area contributed by atoms with Gasteiger partial charge in [0.1, 0.15) is 11.6 Å². The maximum absolute atomic E-state index is 13.7. The molecule has 0 N–H and O–H groups in total. The molecular formula is C14H17F2NO. The summed E-state index contributed by atoms with van der Waals surface area (Å²) >= 11 is 0. The van der Waals surface area contributed by atoms with E-state index in [2.05, 4.69) is 6.58 Å². The SMILES string of the molecule is C=CC(C)(C)C(=O)N(CC)c1ccc(F)cc1F. The fourth-order valence-corrected chi connectivity index (χ4v) is 1.56. The van der Waals surface area contributed by atoms with Crippen LogP contribution in [0.3, 0.4) is 0 Å². The molecule has 98 valence electrons. The van der Waals surface area contributed by atoms with Crippen LogP contribution in [0.4, 0.5) is 14.5 Å². The lowest BCUT2D eigenvalue weighted by atomic mass is 9.91. The quantitative estimate of drug-likeness (QED) is 0.752. The predicted molar refractivity (Wildman–Crippen MR) is 68.4 cm³/mol. The summed E-state index contributed by atoms with van der Waals surface area (Å²) in [4.78, 5) is 13.5. The van der Waals surface area contributed by atoms with E-state index in [0.29, 0.717) is 6.54 Å². The summed E-state index contributed by atoms with van der Waals surface area (Å²) in [6.45, 7) is 9.04. The zero-order valence-corrected chi connectivity index (χ0v) is 10.8. The molecule has 1 aromatic carbocycles. The van der Waals surface area contributed by atoms with E-state index in [1.165, 1.54) is 17.0 Å². The third kappa shape index (κ3) is 2.75. The molecule has 4 heteroatoms. The van der Waals surface area contributed by atoms with Gasteiger partial charge in [-0.3, -0.25) is 4.79 Å². The van der Waals surface area contributed by atoms with Crippen LogP contribution in [-0.4, -0.2) is 12.5 Å². The second-order valence-electron chi connectivity index (χ2n) is 4.57. The molecule has 0 spiro atoms. The summed E-state index contributed by atoms with van der Waals surface area (Å²) in [5.74, 6) is -1.68. The van der Waals surface area contributed by atoms with Gasteiger partial charge in [0.25, 0.3) is 0 Å². The van der Waals surface area contributed by atoms with Crippen molar-refractivity contribution in [1.82, 2.24) is 0 Å². The summed E-state index contributed by atoms with van der Waals surface area (Å²) in [5.41, 5.74) is -0.713. The minimum atomic E-state index is -0.795. The smallest absolute Gasteiger partial charge is 0.236 e. The Morgan fingerprint density at radius 3 is 2.50 bits per heavy atom. The summed E-state index contributed by atoms with van der Waals surface area (Å²) in [5, 5.41) is 0. The van der Waals surface area contributed by atoms with Gasteiger partial charge < -0.3 is 4.90 Å². The number of carbonyl (C=O) groups excluding carboxylic acids is 1. The van der Waals surface area contributed by atoms with Crippen molar-refractivity contribution in [2.45, 2.75) is 20.8 Å². The van der Waals surface area contributed by atoms with Crippen molar-refractivity contribution in [1.29, 1.82) is 0 Å². The average Bonchev–Trinajstić information content (AvgIpc) is 2.32. The number of benzene rings is 1. The first-order valence-corrected chi connectivity index (χ1v) is 5.74. The molecule has 0 aliphatic heterocycles. The number of hydrogen-bond acceptors (Lipinski definition) is 1. The van der Waals surface area contributed by atoms with E-state index < -0.39 is 17.0 Å². The average molecular weight is 253 g/mol. The van der Waals surface area contributed by atoms with Crippen molar-refractivity contribution in [3.05, 3.63) is 42.5 Å². The summed E-state index contributed by atoms with van der Waals surface area (Å²) in [6.07, 6.45) is 1.51. The zero-order chi connectivity index (χ0) is 13.9. The van der Waals surface area contributed by atoms with Gasteiger partial charge in [-0.1, -0.05) is 6.08 Å². The first-order chi connectivity index (χ1) is 8.33. The van der Waals surface area contributed by atoms with Crippen molar-refractivity contribution < 1.29 is 13.6 Å². The standard InChI is InChI=1S/C14H17F2NO/c1-5-14(3,4)13(18)17(6-2)12-8-7-10(15)9-11(12)16/h5,7-9H,1,6H2,2-4H3. The number of halogens is 2. The Labute approximate surface area is 106 Å². The second-order valence-corrected chi connectivity index (χ2v) is 4.57. The Bertz CT molecular complexity index is 469. The van der Waals surface area contributed by atoms with Crippen LogP contribution in [0, 0.1) is 17.0 Å². The largest absolute Gasteiger partial charge is 0.309 e. The lowest BCUT2D eigenvalue weighted by Gasteiger charge is -2.29. The van der Waals surface area contributed by atoms with Crippen LogP contribution >= 0.6 is 0 Å². The van der Waals surface area contributed by atoms with E-state index in [-0.39, 0.29) is 11.6 Å². The Balaban J connectivity index is 3.18. The number of amides is 1. The minimum Gasteiger partial charge on any atom is -0.309 e. The summed E-state index contributed by atoms with van der Waals surface area (Å²) in [6, 6.07) is 3.17. The molecule has 0 heterocycles. The van der Waals surface area contributed by atoms with Crippen LogP contribution in [0.1, 0.15) is 20.8 Å². The molecule has 0 saturated carbocycles. The first kappa shape index (κ1) is 14.4. The number of anilines is 1. The molecule has 1 amide bonds. The van der Waals surface area contributed by atoms with Crippen LogP contribution in [0.2, 0.25) is 0 Å². The molecule has 0 radical (unpaired) electrons. The highest BCUT2D eigenvalue weighted by molar-refractivity contribution is 5.98. The van der Waals surface area contributed by atoms with Gasteiger partial charge in [0.15, 0.2) is 0 Å². The van der Waals surface area contributed by atoms with Crippen molar-refractivity contribution in [3.8, 4) is 0 Å². The van der Waals surface area contributed by atoms with Crippen LogP contribution in [0.25, 0.3) is 0 Å². The van der Waals surface area contributed by atoms with E-state index in [9.17, 15) is 13.6 Å². The van der Waals surface area contributed by atoms with Gasteiger partial charge in [-0.15, -0.1) is 6.58 Å². The fourth-order valence-electron chi connectivity index (χ4n) is 1.56. The number of nitrogens with zero attached hydrogens (tertiary/aromatic N) is 1. The molecule has 1 aromatic rings. The van der Waals surface area contributed by atoms with Crippen molar-refractivity contribution >= 4 is 11.6 Å². The number of hydrogen-bond donors (Lipinski definition) is 0. The van der Waals surface area contributed by atoms with Gasteiger partial charge in [0, 0.05) is 12.6 Å². The van der Waals surface area contributed by atoms with Crippen LogP contribution < -0.4 is 4.90 Å². The highest BCUT2D eigenvalue weighted by Crippen LogP contribution is 2.27. The van der Waals surface area contributed by atoms with Gasteiger partial charge >= 0.3 is 0 Å². The van der Waals surface area contributed by atoms with Crippen LogP contribution in [0.5, 0.6) is 0 Å². The van der Waals surface area contributed by atoms with Gasteiger partial charge in [-0.25, -0.2) is 8.78 Å². The van der Waals surface area contributed by atoms with Crippen LogP contribution in [0.15, 0.2) is 30.9 Å². The van der Waals surface area contributed by atoms with Gasteiger partial charge in [-0.2, -0.15) is 0 Å². The molecule has 0 saturated heterocycles. The number of rotatable bonds is 4. The van der Waals surface area contributed by atoms with Crippen molar-refractivity contribution in [2.24, 2.45) is 5.41 Å². The van der Waals surface area contributed by atoms with E-state index >= 15 is 0 Å². The van der Waals surface area contributed by atoms with Crippen LogP contribution in [-0.2, 0) is 4.79 Å². The van der Waals surface area contributed by atoms with E-state index in [1.54, 1.807) is 20.8 Å². The molecule has 18 heavy (non-hydrogen) atoms. The zero-order valence-electron chi connectivity index (χ0n) is 10.8. The normalized spacial score (nSPS) is 11.2. The lowest BCUT2D eigenvalue weighted by Crippen LogP contribution is -2.40. The Morgan fingerprint density at radius 2 is 2.06 bits per heavy atom.